The number of ketones is 1. The predicted octanol–water partition coefficient (Wildman–Crippen LogP) is 1.07. The molecule has 0 saturated heterocycles. The Balaban J connectivity index is 3.71. The van der Waals surface area contributed by atoms with Crippen LogP contribution in [0.2, 0.25) is 0 Å². The molecule has 0 rings (SSSR count). The van der Waals surface area contributed by atoms with E-state index in [1.807, 2.05) is 13.8 Å². The first-order chi connectivity index (χ1) is 5.11. The summed E-state index contributed by atoms with van der Waals surface area (Å²) < 4.78 is 5.24. The van der Waals surface area contributed by atoms with E-state index in [1.165, 1.54) is 6.92 Å². The van der Waals surface area contributed by atoms with Crippen LogP contribution in [0.15, 0.2) is 0 Å². The molecular formula is C8H17NO2. The van der Waals surface area contributed by atoms with Crippen LogP contribution >= 0.6 is 0 Å². The van der Waals surface area contributed by atoms with Gasteiger partial charge in [0.1, 0.15) is 0 Å². The van der Waals surface area contributed by atoms with Crippen LogP contribution in [-0.4, -0.2) is 18.1 Å². The number of hydrogen-bond acceptors (Lipinski definition) is 3. The largest absolute Gasteiger partial charge is 0.353 e. The van der Waals surface area contributed by atoms with Crippen molar-refractivity contribution in [3.63, 3.8) is 0 Å². The lowest BCUT2D eigenvalue weighted by Crippen LogP contribution is -2.35. The van der Waals surface area contributed by atoms with Crippen LogP contribution in [0.4, 0.5) is 0 Å². The number of rotatable bonds is 5. The Kier molecular flexibility index (Phi) is 5.07. The van der Waals surface area contributed by atoms with Crippen LogP contribution in [0.3, 0.4) is 0 Å². The molecule has 3 heteroatoms. The highest BCUT2D eigenvalue weighted by molar-refractivity contribution is 5.79. The highest BCUT2D eigenvalue weighted by Gasteiger charge is 2.12. The number of ether oxygens (including phenoxy) is 1. The van der Waals surface area contributed by atoms with Crippen molar-refractivity contribution in [2.75, 3.05) is 0 Å². The van der Waals surface area contributed by atoms with E-state index in [0.29, 0.717) is 0 Å². The van der Waals surface area contributed by atoms with Crippen molar-refractivity contribution in [1.29, 1.82) is 0 Å². The highest BCUT2D eigenvalue weighted by atomic mass is 16.5. The molecular weight excluding hydrogens is 142 g/mol. The summed E-state index contributed by atoms with van der Waals surface area (Å²) in [6.07, 6.45) is 1.18. The first-order valence-electron chi connectivity index (χ1n) is 4.03. The van der Waals surface area contributed by atoms with Crippen molar-refractivity contribution in [2.45, 2.75) is 45.9 Å². The van der Waals surface area contributed by atoms with Gasteiger partial charge in [0.15, 0.2) is 12.0 Å². The average molecular weight is 159 g/mol. The molecule has 0 aromatic rings. The second-order valence-corrected chi connectivity index (χ2v) is 2.61. The highest BCUT2D eigenvalue weighted by Crippen LogP contribution is 2.04. The van der Waals surface area contributed by atoms with Gasteiger partial charge in [0.2, 0.25) is 0 Å². The van der Waals surface area contributed by atoms with Crippen LogP contribution < -0.4 is 5.73 Å². The third-order valence-electron chi connectivity index (χ3n) is 1.65. The minimum absolute atomic E-state index is 0.114. The van der Waals surface area contributed by atoms with Crippen LogP contribution in [-0.2, 0) is 9.53 Å². The molecule has 2 N–H and O–H groups in total. The molecule has 0 heterocycles. The van der Waals surface area contributed by atoms with Crippen LogP contribution in [0.5, 0.6) is 0 Å². The minimum Gasteiger partial charge on any atom is -0.353 e. The molecule has 0 bridgehead atoms. The summed E-state index contributed by atoms with van der Waals surface area (Å²) in [6, 6.07) is 0. The van der Waals surface area contributed by atoms with Crippen molar-refractivity contribution >= 4 is 5.78 Å². The molecule has 0 unspecified atom stereocenters. The van der Waals surface area contributed by atoms with E-state index in [2.05, 4.69) is 0 Å². The zero-order chi connectivity index (χ0) is 8.85. The minimum atomic E-state index is -0.736. The standard InChI is InChI=1S/C8H17NO2/c1-4-7(5-2)11-8(9)6(3)10/h7-8H,4-5,9H2,1-3H3/t8-/m1/s1. The topological polar surface area (TPSA) is 52.3 Å². The van der Waals surface area contributed by atoms with Gasteiger partial charge in [-0.15, -0.1) is 0 Å². The average Bonchev–Trinajstić information content (AvgIpc) is 1.99. The summed E-state index contributed by atoms with van der Waals surface area (Å²) in [4.78, 5) is 10.7. The van der Waals surface area contributed by atoms with Gasteiger partial charge in [0.25, 0.3) is 0 Å². The Bertz CT molecular complexity index is 121. The van der Waals surface area contributed by atoms with E-state index >= 15 is 0 Å². The first-order valence-corrected chi connectivity index (χ1v) is 4.03. The van der Waals surface area contributed by atoms with Gasteiger partial charge >= 0.3 is 0 Å². The normalized spacial score (nSPS) is 13.5. The monoisotopic (exact) mass is 159 g/mol. The molecule has 0 aliphatic carbocycles. The Morgan fingerprint density at radius 3 is 2.18 bits per heavy atom. The van der Waals surface area contributed by atoms with Crippen LogP contribution in [0.1, 0.15) is 33.6 Å². The maximum atomic E-state index is 10.7. The fourth-order valence-corrected chi connectivity index (χ4v) is 0.784. The van der Waals surface area contributed by atoms with Crippen molar-refractivity contribution in [3.05, 3.63) is 0 Å². The number of carbonyl (C=O) groups excluding carboxylic acids is 1. The zero-order valence-corrected chi connectivity index (χ0v) is 7.46. The zero-order valence-electron chi connectivity index (χ0n) is 7.46. The van der Waals surface area contributed by atoms with Crippen molar-refractivity contribution < 1.29 is 9.53 Å². The molecule has 0 aromatic carbocycles. The van der Waals surface area contributed by atoms with Gasteiger partial charge in [-0.3, -0.25) is 10.5 Å². The smallest absolute Gasteiger partial charge is 0.173 e. The summed E-state index contributed by atoms with van der Waals surface area (Å²) in [5, 5.41) is 0. The van der Waals surface area contributed by atoms with Crippen LogP contribution in [0.25, 0.3) is 0 Å². The SMILES string of the molecule is CCC(CC)O[C@@H](N)C(C)=O. The third-order valence-corrected chi connectivity index (χ3v) is 1.65. The van der Waals surface area contributed by atoms with Gasteiger partial charge in [-0.2, -0.15) is 0 Å². The molecule has 0 aliphatic rings. The van der Waals surface area contributed by atoms with E-state index in [0.717, 1.165) is 12.8 Å². The fourth-order valence-electron chi connectivity index (χ4n) is 0.784. The summed E-state index contributed by atoms with van der Waals surface area (Å²) in [5.41, 5.74) is 5.40. The maximum Gasteiger partial charge on any atom is 0.173 e. The molecule has 0 saturated carbocycles. The summed E-state index contributed by atoms with van der Waals surface area (Å²) in [5.74, 6) is -0.114. The molecule has 0 radical (unpaired) electrons. The van der Waals surface area contributed by atoms with E-state index in [9.17, 15) is 4.79 Å². The summed E-state index contributed by atoms with van der Waals surface area (Å²) in [7, 11) is 0. The van der Waals surface area contributed by atoms with Gasteiger partial charge in [0, 0.05) is 0 Å². The molecule has 0 amide bonds. The second-order valence-electron chi connectivity index (χ2n) is 2.61. The number of Topliss-reactive ketones (excluding diaryl/α,β-unsaturated/α-hetero) is 1. The van der Waals surface area contributed by atoms with Crippen molar-refractivity contribution in [3.8, 4) is 0 Å². The molecule has 1 atom stereocenters. The summed E-state index contributed by atoms with van der Waals surface area (Å²) >= 11 is 0. The molecule has 0 aromatic heterocycles. The van der Waals surface area contributed by atoms with Gasteiger partial charge < -0.3 is 4.74 Å². The lowest BCUT2D eigenvalue weighted by Gasteiger charge is -2.17. The molecule has 0 aliphatic heterocycles. The Labute approximate surface area is 67.9 Å². The van der Waals surface area contributed by atoms with Crippen LogP contribution in [0, 0.1) is 0 Å². The van der Waals surface area contributed by atoms with E-state index < -0.39 is 6.23 Å². The second kappa shape index (κ2) is 5.27. The first kappa shape index (κ1) is 10.6. The lowest BCUT2D eigenvalue weighted by molar-refractivity contribution is -0.132. The maximum absolute atomic E-state index is 10.7. The lowest BCUT2D eigenvalue weighted by atomic mass is 10.2. The number of carbonyl (C=O) groups is 1. The van der Waals surface area contributed by atoms with E-state index in [1.54, 1.807) is 0 Å². The predicted molar refractivity (Wildman–Crippen MR) is 44.1 cm³/mol. The van der Waals surface area contributed by atoms with E-state index in [-0.39, 0.29) is 11.9 Å². The molecule has 0 spiro atoms. The van der Waals surface area contributed by atoms with E-state index in [4.69, 9.17) is 10.5 Å². The molecule has 3 nitrogen and oxygen atoms in total. The molecule has 0 fully saturated rings. The number of nitrogens with two attached hydrogens (primary N) is 1. The molecule has 66 valence electrons. The Hall–Kier alpha value is -0.410. The Morgan fingerprint density at radius 1 is 1.45 bits per heavy atom. The van der Waals surface area contributed by atoms with Crippen molar-refractivity contribution in [2.24, 2.45) is 5.73 Å². The third kappa shape index (κ3) is 4.11. The van der Waals surface area contributed by atoms with Gasteiger partial charge in [0.05, 0.1) is 6.10 Å². The van der Waals surface area contributed by atoms with Gasteiger partial charge in [-0.1, -0.05) is 13.8 Å². The fraction of sp³-hybridized carbons (Fsp3) is 0.875. The van der Waals surface area contributed by atoms with Gasteiger partial charge in [-0.05, 0) is 19.8 Å². The molecule has 11 heavy (non-hydrogen) atoms. The number of hydrogen-bond donors (Lipinski definition) is 1. The summed E-state index contributed by atoms with van der Waals surface area (Å²) in [6.45, 7) is 5.47. The quantitative estimate of drug-likeness (QED) is 0.610. The Morgan fingerprint density at radius 2 is 1.91 bits per heavy atom. The van der Waals surface area contributed by atoms with Gasteiger partial charge in [-0.25, -0.2) is 0 Å². The van der Waals surface area contributed by atoms with Crippen molar-refractivity contribution in [1.82, 2.24) is 0 Å².